The molecule has 3 rings (SSSR count). The summed E-state index contributed by atoms with van der Waals surface area (Å²) >= 11 is 0. The van der Waals surface area contributed by atoms with Crippen LogP contribution in [0.15, 0.2) is 36.4 Å². The number of carbonyl (C=O) groups excluding carboxylic acids is 1. The molecule has 1 heterocycles. The number of aromatic nitrogens is 4. The van der Waals surface area contributed by atoms with Gasteiger partial charge in [0.2, 0.25) is 5.82 Å². The van der Waals surface area contributed by atoms with Crippen molar-refractivity contribution in [1.82, 2.24) is 20.2 Å². The summed E-state index contributed by atoms with van der Waals surface area (Å²) < 4.78 is 38.7. The molecule has 6 nitrogen and oxygen atoms in total. The second-order valence-corrected chi connectivity index (χ2v) is 6.95. The molecule has 152 valence electrons. The van der Waals surface area contributed by atoms with E-state index in [0.717, 1.165) is 33.6 Å². The Balaban J connectivity index is 1.81. The van der Waals surface area contributed by atoms with Gasteiger partial charge < -0.3 is 5.32 Å². The van der Waals surface area contributed by atoms with E-state index in [2.05, 4.69) is 20.7 Å². The Morgan fingerprint density at radius 2 is 1.76 bits per heavy atom. The highest BCUT2D eigenvalue weighted by Crippen LogP contribution is 2.31. The first-order valence-electron chi connectivity index (χ1n) is 8.92. The highest BCUT2D eigenvalue weighted by Gasteiger charge is 2.31. The van der Waals surface area contributed by atoms with Crippen LogP contribution >= 0.6 is 0 Å². The van der Waals surface area contributed by atoms with Gasteiger partial charge in [0.05, 0.1) is 5.56 Å². The lowest BCUT2D eigenvalue weighted by Gasteiger charge is -2.15. The molecule has 0 bridgehead atoms. The minimum absolute atomic E-state index is 0.0125. The third-order valence-corrected chi connectivity index (χ3v) is 4.53. The predicted molar refractivity (Wildman–Crippen MR) is 102 cm³/mol. The molecule has 1 N–H and O–H groups in total. The number of tetrazole rings is 1. The molecule has 29 heavy (non-hydrogen) atoms. The standard InChI is InChI=1S/C20H20F3N5O/c1-11-8-12(2)17(13(3)9-11)24-19(29)14(4)28-26-18(25-27-28)15-6-5-7-16(10-15)20(21,22)23/h5-10,14H,1-4H3,(H,24,29). The molecule has 0 aliphatic carbocycles. The molecule has 0 aliphatic heterocycles. The van der Waals surface area contributed by atoms with Crippen molar-refractivity contribution in [3.63, 3.8) is 0 Å². The number of benzene rings is 2. The van der Waals surface area contributed by atoms with Crippen LogP contribution in [-0.4, -0.2) is 26.1 Å². The monoisotopic (exact) mass is 403 g/mol. The summed E-state index contributed by atoms with van der Waals surface area (Å²) in [6, 6.07) is 7.78. The van der Waals surface area contributed by atoms with Crippen LogP contribution in [0.5, 0.6) is 0 Å². The number of alkyl halides is 3. The minimum Gasteiger partial charge on any atom is -0.324 e. The summed E-state index contributed by atoms with van der Waals surface area (Å²) in [7, 11) is 0. The maximum atomic E-state index is 12.9. The largest absolute Gasteiger partial charge is 0.416 e. The van der Waals surface area contributed by atoms with Gasteiger partial charge in [-0.1, -0.05) is 29.8 Å². The molecule has 0 aliphatic rings. The molecule has 1 amide bonds. The fourth-order valence-corrected chi connectivity index (χ4v) is 3.05. The number of nitrogens with zero attached hydrogens (tertiary/aromatic N) is 4. The van der Waals surface area contributed by atoms with Gasteiger partial charge in [0.15, 0.2) is 0 Å². The van der Waals surface area contributed by atoms with Crippen molar-refractivity contribution in [2.24, 2.45) is 0 Å². The number of amides is 1. The number of rotatable bonds is 4. The fraction of sp³-hybridized carbons (Fsp3) is 0.300. The highest BCUT2D eigenvalue weighted by atomic mass is 19.4. The van der Waals surface area contributed by atoms with E-state index >= 15 is 0 Å². The van der Waals surface area contributed by atoms with Crippen LogP contribution in [0.3, 0.4) is 0 Å². The Kier molecular flexibility index (Phi) is 5.41. The van der Waals surface area contributed by atoms with Gasteiger partial charge in [0, 0.05) is 11.3 Å². The van der Waals surface area contributed by atoms with Gasteiger partial charge in [-0.15, -0.1) is 10.2 Å². The zero-order chi connectivity index (χ0) is 21.3. The highest BCUT2D eigenvalue weighted by molar-refractivity contribution is 5.94. The summed E-state index contributed by atoms with van der Waals surface area (Å²) in [5, 5.41) is 14.6. The molecule has 2 aromatic carbocycles. The van der Waals surface area contributed by atoms with E-state index in [1.165, 1.54) is 12.1 Å². The van der Waals surface area contributed by atoms with Gasteiger partial charge >= 0.3 is 6.18 Å². The van der Waals surface area contributed by atoms with Crippen molar-refractivity contribution in [3.8, 4) is 11.4 Å². The molecule has 1 unspecified atom stereocenters. The van der Waals surface area contributed by atoms with Crippen LogP contribution in [0, 0.1) is 20.8 Å². The van der Waals surface area contributed by atoms with Crippen molar-refractivity contribution in [3.05, 3.63) is 58.7 Å². The maximum Gasteiger partial charge on any atom is 0.416 e. The van der Waals surface area contributed by atoms with E-state index in [4.69, 9.17) is 0 Å². The van der Waals surface area contributed by atoms with E-state index < -0.39 is 17.8 Å². The van der Waals surface area contributed by atoms with E-state index in [0.29, 0.717) is 5.69 Å². The van der Waals surface area contributed by atoms with Gasteiger partial charge in [-0.25, -0.2) is 0 Å². The van der Waals surface area contributed by atoms with Crippen molar-refractivity contribution < 1.29 is 18.0 Å². The lowest BCUT2D eigenvalue weighted by Crippen LogP contribution is -2.26. The number of halogens is 3. The van der Waals surface area contributed by atoms with Crippen molar-refractivity contribution >= 4 is 11.6 Å². The Morgan fingerprint density at radius 1 is 1.10 bits per heavy atom. The minimum atomic E-state index is -4.47. The topological polar surface area (TPSA) is 72.7 Å². The fourth-order valence-electron chi connectivity index (χ4n) is 3.05. The molecule has 1 aromatic heterocycles. The third-order valence-electron chi connectivity index (χ3n) is 4.53. The van der Waals surface area contributed by atoms with E-state index in [9.17, 15) is 18.0 Å². The summed E-state index contributed by atoms with van der Waals surface area (Å²) in [6.07, 6.45) is -4.47. The Morgan fingerprint density at radius 3 is 2.38 bits per heavy atom. The second kappa shape index (κ2) is 7.65. The molecule has 0 fully saturated rings. The molecule has 9 heteroatoms. The van der Waals surface area contributed by atoms with Gasteiger partial charge in [-0.05, 0) is 56.2 Å². The van der Waals surface area contributed by atoms with Crippen LogP contribution in [0.1, 0.15) is 35.2 Å². The predicted octanol–water partition coefficient (Wildman–Crippen LogP) is 4.48. The third kappa shape index (κ3) is 4.44. The number of hydrogen-bond donors (Lipinski definition) is 1. The van der Waals surface area contributed by atoms with Crippen molar-refractivity contribution in [2.45, 2.75) is 39.9 Å². The molecular weight excluding hydrogens is 383 g/mol. The van der Waals surface area contributed by atoms with Gasteiger partial charge in [-0.2, -0.15) is 18.0 Å². The zero-order valence-electron chi connectivity index (χ0n) is 16.4. The van der Waals surface area contributed by atoms with E-state index in [-0.39, 0.29) is 17.3 Å². The van der Waals surface area contributed by atoms with Crippen molar-refractivity contribution in [1.29, 1.82) is 0 Å². The SMILES string of the molecule is Cc1cc(C)c(NC(=O)C(C)n2nnc(-c3cccc(C(F)(F)F)c3)n2)c(C)c1. The normalized spacial score (nSPS) is 12.7. The average molecular weight is 403 g/mol. The maximum absolute atomic E-state index is 12.9. The molecule has 0 radical (unpaired) electrons. The van der Waals surface area contributed by atoms with Crippen LogP contribution in [0.25, 0.3) is 11.4 Å². The number of carbonyl (C=O) groups is 1. The van der Waals surface area contributed by atoms with Crippen LogP contribution in [-0.2, 0) is 11.0 Å². The summed E-state index contributed by atoms with van der Waals surface area (Å²) in [5.74, 6) is -0.341. The molecule has 1 atom stereocenters. The summed E-state index contributed by atoms with van der Waals surface area (Å²) in [5.41, 5.74) is 3.03. The lowest BCUT2D eigenvalue weighted by molar-refractivity contribution is -0.137. The molecule has 3 aromatic rings. The number of hydrogen-bond acceptors (Lipinski definition) is 4. The van der Waals surface area contributed by atoms with Crippen LogP contribution in [0.4, 0.5) is 18.9 Å². The first-order valence-corrected chi connectivity index (χ1v) is 8.92. The lowest BCUT2D eigenvalue weighted by atomic mass is 10.0. The number of anilines is 1. The van der Waals surface area contributed by atoms with Gasteiger partial charge in [0.1, 0.15) is 6.04 Å². The van der Waals surface area contributed by atoms with E-state index in [1.807, 2.05) is 32.9 Å². The molecule has 0 saturated carbocycles. The van der Waals surface area contributed by atoms with Crippen LogP contribution < -0.4 is 5.32 Å². The Bertz CT molecular complexity index is 1040. The first-order chi connectivity index (χ1) is 13.6. The molecule has 0 spiro atoms. The smallest absolute Gasteiger partial charge is 0.324 e. The van der Waals surface area contributed by atoms with Gasteiger partial charge in [0.25, 0.3) is 5.91 Å². The average Bonchev–Trinajstić information content (AvgIpc) is 3.13. The Hall–Kier alpha value is -3.23. The van der Waals surface area contributed by atoms with E-state index in [1.54, 1.807) is 6.92 Å². The zero-order valence-corrected chi connectivity index (χ0v) is 16.4. The number of aryl methyl sites for hydroxylation is 3. The molecule has 0 saturated heterocycles. The Labute approximate surface area is 165 Å². The first kappa shape index (κ1) is 20.5. The summed E-state index contributed by atoms with van der Waals surface area (Å²) in [6.45, 7) is 7.37. The van der Waals surface area contributed by atoms with Gasteiger partial charge in [-0.3, -0.25) is 4.79 Å². The number of nitrogens with one attached hydrogen (secondary N) is 1. The van der Waals surface area contributed by atoms with Crippen molar-refractivity contribution in [2.75, 3.05) is 5.32 Å². The summed E-state index contributed by atoms with van der Waals surface area (Å²) in [4.78, 5) is 13.7. The second-order valence-electron chi connectivity index (χ2n) is 6.95. The molecular formula is C20H20F3N5O. The van der Waals surface area contributed by atoms with Crippen LogP contribution in [0.2, 0.25) is 0 Å². The quantitative estimate of drug-likeness (QED) is 0.697.